The minimum Gasteiger partial charge on any atom is -0.494 e. The standard InChI is InChI=1S/C24H26N2O6S/c1-3-30-22-12-18-10-16(2)32-23(18)13-19(22)14-25-24(27)17-6-4-8-21(11-17)33(28,29)26-15-20-7-5-9-31-20/h4-9,11-13,16,26H,3,10,14-15H2,1-2H3,(H,25,27)/t16-/m1/s1. The van der Waals surface area contributed by atoms with Crippen molar-refractivity contribution in [3.63, 3.8) is 0 Å². The SMILES string of the molecule is CCOc1cc2c(cc1CNC(=O)c1cccc(S(=O)(=O)NCc3ccco3)c1)O[C@H](C)C2. The summed E-state index contributed by atoms with van der Waals surface area (Å²) in [6.45, 7) is 4.64. The molecule has 8 nitrogen and oxygen atoms in total. The number of hydrogen-bond acceptors (Lipinski definition) is 6. The molecular formula is C24H26N2O6S. The smallest absolute Gasteiger partial charge is 0.251 e. The summed E-state index contributed by atoms with van der Waals surface area (Å²) in [4.78, 5) is 12.8. The fraction of sp³-hybridized carbons (Fsp3) is 0.292. The van der Waals surface area contributed by atoms with E-state index < -0.39 is 15.9 Å². The number of carbonyl (C=O) groups is 1. The summed E-state index contributed by atoms with van der Waals surface area (Å²) in [5.74, 6) is 1.60. The van der Waals surface area contributed by atoms with Crippen molar-refractivity contribution in [2.75, 3.05) is 6.61 Å². The van der Waals surface area contributed by atoms with Crippen molar-refractivity contribution >= 4 is 15.9 Å². The highest BCUT2D eigenvalue weighted by molar-refractivity contribution is 7.89. The normalized spacial score (nSPS) is 15.0. The van der Waals surface area contributed by atoms with Crippen LogP contribution in [-0.2, 0) is 29.5 Å². The lowest BCUT2D eigenvalue weighted by Gasteiger charge is -2.14. The molecule has 174 valence electrons. The van der Waals surface area contributed by atoms with E-state index in [1.807, 2.05) is 26.0 Å². The molecule has 2 heterocycles. The van der Waals surface area contributed by atoms with Crippen LogP contribution in [0.15, 0.2) is 64.1 Å². The van der Waals surface area contributed by atoms with E-state index in [4.69, 9.17) is 13.9 Å². The molecule has 2 N–H and O–H groups in total. The second-order valence-electron chi connectivity index (χ2n) is 7.75. The first kappa shape index (κ1) is 22.9. The molecule has 2 aromatic carbocycles. The molecule has 0 radical (unpaired) electrons. The van der Waals surface area contributed by atoms with Crippen molar-refractivity contribution in [2.45, 2.75) is 44.4 Å². The molecule has 1 atom stereocenters. The third-order valence-electron chi connectivity index (χ3n) is 5.24. The molecule has 0 unspecified atom stereocenters. The number of benzene rings is 2. The van der Waals surface area contributed by atoms with Gasteiger partial charge in [-0.05, 0) is 56.3 Å². The van der Waals surface area contributed by atoms with Gasteiger partial charge in [-0.2, -0.15) is 0 Å². The number of carbonyl (C=O) groups excluding carboxylic acids is 1. The Labute approximate surface area is 193 Å². The molecule has 9 heteroatoms. The van der Waals surface area contributed by atoms with Gasteiger partial charge in [0.2, 0.25) is 10.0 Å². The zero-order valence-electron chi connectivity index (χ0n) is 18.5. The fourth-order valence-electron chi connectivity index (χ4n) is 3.65. The van der Waals surface area contributed by atoms with Crippen molar-refractivity contribution in [3.8, 4) is 11.5 Å². The first-order chi connectivity index (χ1) is 15.9. The fourth-order valence-corrected chi connectivity index (χ4v) is 4.69. The molecule has 3 aromatic rings. The largest absolute Gasteiger partial charge is 0.494 e. The molecule has 1 aromatic heterocycles. The summed E-state index contributed by atoms with van der Waals surface area (Å²) < 4.78 is 44.4. The Kier molecular flexibility index (Phi) is 6.71. The number of fused-ring (bicyclic) bond motifs is 1. The lowest BCUT2D eigenvalue weighted by atomic mass is 10.1. The minimum atomic E-state index is -3.81. The number of nitrogens with one attached hydrogen (secondary N) is 2. The maximum Gasteiger partial charge on any atom is 0.251 e. The molecule has 0 aliphatic carbocycles. The van der Waals surface area contributed by atoms with Gasteiger partial charge in [-0.1, -0.05) is 6.07 Å². The molecule has 1 aliphatic rings. The van der Waals surface area contributed by atoms with Crippen molar-refractivity contribution in [3.05, 3.63) is 77.2 Å². The lowest BCUT2D eigenvalue weighted by Crippen LogP contribution is -2.25. The van der Waals surface area contributed by atoms with Gasteiger partial charge < -0.3 is 19.2 Å². The third-order valence-corrected chi connectivity index (χ3v) is 6.64. The molecule has 0 bridgehead atoms. The van der Waals surface area contributed by atoms with Crippen molar-refractivity contribution in [2.24, 2.45) is 0 Å². The van der Waals surface area contributed by atoms with Gasteiger partial charge in [-0.3, -0.25) is 4.79 Å². The maximum atomic E-state index is 12.8. The van der Waals surface area contributed by atoms with Crippen molar-refractivity contribution in [1.82, 2.24) is 10.0 Å². The molecule has 0 spiro atoms. The number of furan rings is 1. The van der Waals surface area contributed by atoms with Crippen LogP contribution in [0.5, 0.6) is 11.5 Å². The Morgan fingerprint density at radius 3 is 2.76 bits per heavy atom. The van der Waals surface area contributed by atoms with Crippen LogP contribution in [0.2, 0.25) is 0 Å². The van der Waals surface area contributed by atoms with Crippen LogP contribution in [0.25, 0.3) is 0 Å². The molecule has 1 aliphatic heterocycles. The van der Waals surface area contributed by atoms with E-state index in [1.54, 1.807) is 18.2 Å². The summed E-state index contributed by atoms with van der Waals surface area (Å²) in [6, 6.07) is 13.1. The third kappa shape index (κ3) is 5.37. The quantitative estimate of drug-likeness (QED) is 0.496. The van der Waals surface area contributed by atoms with Crippen LogP contribution >= 0.6 is 0 Å². The Hall–Kier alpha value is -3.30. The van der Waals surface area contributed by atoms with E-state index in [9.17, 15) is 13.2 Å². The number of amides is 1. The summed E-state index contributed by atoms with van der Waals surface area (Å²) in [5.41, 5.74) is 2.11. The van der Waals surface area contributed by atoms with Crippen LogP contribution in [-0.4, -0.2) is 27.0 Å². The predicted octanol–water partition coefficient (Wildman–Crippen LogP) is 3.41. The van der Waals surface area contributed by atoms with E-state index in [0.29, 0.717) is 18.1 Å². The van der Waals surface area contributed by atoms with Crippen molar-refractivity contribution in [1.29, 1.82) is 0 Å². The van der Waals surface area contributed by atoms with E-state index in [0.717, 1.165) is 23.3 Å². The number of ether oxygens (including phenoxy) is 2. The number of hydrogen-bond donors (Lipinski definition) is 2. The van der Waals surface area contributed by atoms with Gasteiger partial charge >= 0.3 is 0 Å². The van der Waals surface area contributed by atoms with Crippen LogP contribution in [0.4, 0.5) is 0 Å². The first-order valence-corrected chi connectivity index (χ1v) is 12.2. The second kappa shape index (κ2) is 9.68. The highest BCUT2D eigenvalue weighted by atomic mass is 32.2. The molecular weight excluding hydrogens is 444 g/mol. The van der Waals surface area contributed by atoms with Gasteiger partial charge in [0.05, 0.1) is 24.3 Å². The second-order valence-corrected chi connectivity index (χ2v) is 9.51. The van der Waals surface area contributed by atoms with Crippen molar-refractivity contribution < 1.29 is 27.1 Å². The van der Waals surface area contributed by atoms with Gasteiger partial charge in [-0.15, -0.1) is 0 Å². The van der Waals surface area contributed by atoms with E-state index in [1.165, 1.54) is 24.5 Å². The molecule has 0 saturated carbocycles. The van der Waals surface area contributed by atoms with Crippen LogP contribution < -0.4 is 19.5 Å². The molecule has 1 amide bonds. The predicted molar refractivity (Wildman–Crippen MR) is 122 cm³/mol. The lowest BCUT2D eigenvalue weighted by molar-refractivity contribution is 0.0950. The van der Waals surface area contributed by atoms with Gasteiger partial charge in [0, 0.05) is 29.7 Å². The Bertz CT molecular complexity index is 1240. The van der Waals surface area contributed by atoms with E-state index in [2.05, 4.69) is 10.0 Å². The maximum absolute atomic E-state index is 12.8. The average Bonchev–Trinajstić information content (AvgIpc) is 3.45. The molecule has 33 heavy (non-hydrogen) atoms. The topological polar surface area (TPSA) is 107 Å². The zero-order valence-corrected chi connectivity index (χ0v) is 19.3. The van der Waals surface area contributed by atoms with E-state index >= 15 is 0 Å². The van der Waals surface area contributed by atoms with Crippen LogP contribution in [0.3, 0.4) is 0 Å². The average molecular weight is 471 g/mol. The molecule has 4 rings (SSSR count). The Balaban J connectivity index is 1.46. The number of rotatable bonds is 9. The minimum absolute atomic E-state index is 0.00312. The molecule has 0 fully saturated rings. The van der Waals surface area contributed by atoms with Gasteiger partial charge in [0.25, 0.3) is 5.91 Å². The Morgan fingerprint density at radius 1 is 1.15 bits per heavy atom. The Morgan fingerprint density at radius 2 is 2.00 bits per heavy atom. The van der Waals surface area contributed by atoms with Crippen LogP contribution in [0, 0.1) is 0 Å². The van der Waals surface area contributed by atoms with Gasteiger partial charge in [0.1, 0.15) is 23.4 Å². The van der Waals surface area contributed by atoms with E-state index in [-0.39, 0.29) is 29.7 Å². The first-order valence-electron chi connectivity index (χ1n) is 10.7. The summed E-state index contributed by atoms with van der Waals surface area (Å²) in [6.07, 6.45) is 2.39. The zero-order chi connectivity index (χ0) is 23.4. The highest BCUT2D eigenvalue weighted by Gasteiger charge is 2.22. The summed E-state index contributed by atoms with van der Waals surface area (Å²) in [5, 5.41) is 2.84. The summed E-state index contributed by atoms with van der Waals surface area (Å²) in [7, 11) is -3.81. The highest BCUT2D eigenvalue weighted by Crippen LogP contribution is 2.35. The molecule has 0 saturated heterocycles. The van der Waals surface area contributed by atoms with Crippen LogP contribution in [0.1, 0.15) is 41.1 Å². The summed E-state index contributed by atoms with van der Waals surface area (Å²) >= 11 is 0. The number of sulfonamides is 1. The van der Waals surface area contributed by atoms with Gasteiger partial charge in [0.15, 0.2) is 0 Å². The monoisotopic (exact) mass is 470 g/mol. The van der Waals surface area contributed by atoms with Gasteiger partial charge in [-0.25, -0.2) is 13.1 Å².